The average molecular weight is 439 g/mol. The zero-order valence-corrected chi connectivity index (χ0v) is 17.4. The largest absolute Gasteiger partial charge is 0.488 e. The lowest BCUT2D eigenvalue weighted by Gasteiger charge is -2.26. The molecular weight excluding hydrogens is 416 g/mol. The van der Waals surface area contributed by atoms with Crippen molar-refractivity contribution in [2.24, 2.45) is 0 Å². The number of para-hydroxylation sites is 1. The van der Waals surface area contributed by atoms with E-state index in [1.807, 2.05) is 12.1 Å². The molecule has 0 atom stereocenters. The zero-order valence-electron chi connectivity index (χ0n) is 15.8. The number of benzene rings is 2. The quantitative estimate of drug-likeness (QED) is 0.683. The molecule has 0 aromatic heterocycles. The third kappa shape index (κ3) is 6.17. The minimum atomic E-state index is -3.42. The van der Waals surface area contributed by atoms with Gasteiger partial charge in [-0.2, -0.15) is 4.31 Å². The molecule has 1 heterocycles. The van der Waals surface area contributed by atoms with E-state index in [0.717, 1.165) is 5.56 Å². The lowest BCUT2D eigenvalue weighted by Crippen LogP contribution is -2.43. The van der Waals surface area contributed by atoms with Crippen LogP contribution in [0.15, 0.2) is 48.5 Å². The minimum absolute atomic E-state index is 0.0179. The first-order chi connectivity index (χ1) is 14.0. The summed E-state index contributed by atoms with van der Waals surface area (Å²) in [7, 11) is -3.42. The molecule has 1 N–H and O–H groups in total. The number of ether oxygens (including phenoxy) is 2. The molecule has 1 aliphatic rings. The molecule has 1 fully saturated rings. The second-order valence-electron chi connectivity index (χ2n) is 6.49. The molecule has 156 valence electrons. The maximum Gasteiger partial charge on any atom is 0.255 e. The number of rotatable bonds is 8. The van der Waals surface area contributed by atoms with Crippen LogP contribution in [0.3, 0.4) is 0 Å². The van der Waals surface area contributed by atoms with Crippen LogP contribution >= 0.6 is 11.6 Å². The standard InChI is InChI=1S/C20H23ClN2O5S/c21-17-7-5-16(6-8-17)15-28-19-4-2-1-3-18(19)20(24)22-9-14-29(25,26)23-10-12-27-13-11-23/h1-8H,9-15H2,(H,22,24). The van der Waals surface area contributed by atoms with Crippen LogP contribution < -0.4 is 10.1 Å². The Morgan fingerprint density at radius 2 is 1.79 bits per heavy atom. The van der Waals surface area contributed by atoms with E-state index in [9.17, 15) is 13.2 Å². The van der Waals surface area contributed by atoms with Gasteiger partial charge in [0, 0.05) is 24.7 Å². The Morgan fingerprint density at radius 1 is 1.10 bits per heavy atom. The molecule has 0 spiro atoms. The molecule has 2 aromatic rings. The second-order valence-corrected chi connectivity index (χ2v) is 9.02. The summed E-state index contributed by atoms with van der Waals surface area (Å²) in [6.45, 7) is 1.78. The smallest absolute Gasteiger partial charge is 0.255 e. The fourth-order valence-corrected chi connectivity index (χ4v) is 4.31. The van der Waals surface area contributed by atoms with Gasteiger partial charge in [0.2, 0.25) is 10.0 Å². The Labute approximate surface area is 175 Å². The van der Waals surface area contributed by atoms with Crippen LogP contribution in [0.5, 0.6) is 5.75 Å². The van der Waals surface area contributed by atoms with Crippen molar-refractivity contribution in [3.8, 4) is 5.75 Å². The molecule has 9 heteroatoms. The van der Waals surface area contributed by atoms with E-state index in [-0.39, 0.29) is 24.8 Å². The van der Waals surface area contributed by atoms with Gasteiger partial charge in [-0.3, -0.25) is 4.79 Å². The van der Waals surface area contributed by atoms with Crippen LogP contribution in [-0.2, 0) is 21.4 Å². The van der Waals surface area contributed by atoms with E-state index in [1.54, 1.807) is 36.4 Å². The summed E-state index contributed by atoms with van der Waals surface area (Å²) in [5.41, 5.74) is 1.27. The summed E-state index contributed by atoms with van der Waals surface area (Å²) >= 11 is 5.88. The molecule has 0 radical (unpaired) electrons. The van der Waals surface area contributed by atoms with Gasteiger partial charge < -0.3 is 14.8 Å². The van der Waals surface area contributed by atoms with Crippen LogP contribution in [0.1, 0.15) is 15.9 Å². The van der Waals surface area contributed by atoms with Gasteiger partial charge in [0.05, 0.1) is 24.5 Å². The normalized spacial score (nSPS) is 15.1. The highest BCUT2D eigenvalue weighted by Gasteiger charge is 2.24. The van der Waals surface area contributed by atoms with Gasteiger partial charge in [-0.15, -0.1) is 0 Å². The van der Waals surface area contributed by atoms with Crippen LogP contribution in [0, 0.1) is 0 Å². The highest BCUT2D eigenvalue weighted by Crippen LogP contribution is 2.20. The summed E-state index contributed by atoms with van der Waals surface area (Å²) in [5.74, 6) is -0.114. The molecule has 29 heavy (non-hydrogen) atoms. The first-order valence-electron chi connectivity index (χ1n) is 9.26. The number of carbonyl (C=O) groups is 1. The molecule has 3 rings (SSSR count). The fourth-order valence-electron chi connectivity index (χ4n) is 2.86. The third-order valence-electron chi connectivity index (χ3n) is 4.45. The van der Waals surface area contributed by atoms with Crippen molar-refractivity contribution < 1.29 is 22.7 Å². The van der Waals surface area contributed by atoms with Crippen molar-refractivity contribution in [1.82, 2.24) is 9.62 Å². The van der Waals surface area contributed by atoms with E-state index in [0.29, 0.717) is 42.6 Å². The number of nitrogens with one attached hydrogen (secondary N) is 1. The monoisotopic (exact) mass is 438 g/mol. The summed E-state index contributed by atoms with van der Waals surface area (Å²) < 4.78 is 37.0. The van der Waals surface area contributed by atoms with Crippen LogP contribution in [0.4, 0.5) is 0 Å². The number of halogens is 1. The van der Waals surface area contributed by atoms with E-state index < -0.39 is 10.0 Å². The topological polar surface area (TPSA) is 84.9 Å². The van der Waals surface area contributed by atoms with Crippen LogP contribution in [0.2, 0.25) is 5.02 Å². The Hall–Kier alpha value is -2.13. The predicted molar refractivity (Wildman–Crippen MR) is 111 cm³/mol. The van der Waals surface area contributed by atoms with Crippen molar-refractivity contribution >= 4 is 27.5 Å². The van der Waals surface area contributed by atoms with Crippen molar-refractivity contribution in [2.45, 2.75) is 6.61 Å². The van der Waals surface area contributed by atoms with Gasteiger partial charge in [0.15, 0.2) is 0 Å². The number of hydrogen-bond acceptors (Lipinski definition) is 5. The van der Waals surface area contributed by atoms with Crippen molar-refractivity contribution in [3.05, 3.63) is 64.7 Å². The number of morpholine rings is 1. The predicted octanol–water partition coefficient (Wildman–Crippen LogP) is 2.31. The Morgan fingerprint density at radius 3 is 2.52 bits per heavy atom. The van der Waals surface area contributed by atoms with Gasteiger partial charge in [-0.1, -0.05) is 35.9 Å². The maximum atomic E-state index is 12.5. The lowest BCUT2D eigenvalue weighted by molar-refractivity contribution is 0.0730. The fraction of sp³-hybridized carbons (Fsp3) is 0.350. The van der Waals surface area contributed by atoms with Crippen LogP contribution in [-0.4, -0.2) is 57.2 Å². The third-order valence-corrected chi connectivity index (χ3v) is 6.57. The Kier molecular flexibility index (Phi) is 7.49. The number of hydrogen-bond donors (Lipinski definition) is 1. The van der Waals surface area contributed by atoms with E-state index in [2.05, 4.69) is 5.32 Å². The Balaban J connectivity index is 1.56. The molecular formula is C20H23ClN2O5S. The molecule has 1 saturated heterocycles. The summed E-state index contributed by atoms with van der Waals surface area (Å²) in [6, 6.07) is 14.1. The molecule has 0 unspecified atom stereocenters. The molecule has 7 nitrogen and oxygen atoms in total. The highest BCUT2D eigenvalue weighted by atomic mass is 35.5. The molecule has 0 bridgehead atoms. The number of carbonyl (C=O) groups excluding carboxylic acids is 1. The van der Waals surface area contributed by atoms with E-state index in [1.165, 1.54) is 4.31 Å². The first-order valence-corrected chi connectivity index (χ1v) is 11.2. The number of sulfonamides is 1. The lowest BCUT2D eigenvalue weighted by atomic mass is 10.2. The zero-order chi connectivity index (χ0) is 20.7. The second kappa shape index (κ2) is 10.1. The van der Waals surface area contributed by atoms with Gasteiger partial charge in [-0.25, -0.2) is 8.42 Å². The Bertz CT molecular complexity index is 928. The molecule has 1 aliphatic heterocycles. The summed E-state index contributed by atoms with van der Waals surface area (Å²) in [6.07, 6.45) is 0. The number of amides is 1. The molecule has 0 aliphatic carbocycles. The van der Waals surface area contributed by atoms with Crippen molar-refractivity contribution in [1.29, 1.82) is 0 Å². The number of nitrogens with zero attached hydrogens (tertiary/aromatic N) is 1. The van der Waals surface area contributed by atoms with Crippen molar-refractivity contribution in [3.63, 3.8) is 0 Å². The summed E-state index contributed by atoms with van der Waals surface area (Å²) in [4.78, 5) is 12.5. The van der Waals surface area contributed by atoms with Gasteiger partial charge in [0.1, 0.15) is 12.4 Å². The molecule has 2 aromatic carbocycles. The van der Waals surface area contributed by atoms with Crippen molar-refractivity contribution in [2.75, 3.05) is 38.6 Å². The minimum Gasteiger partial charge on any atom is -0.488 e. The highest BCUT2D eigenvalue weighted by molar-refractivity contribution is 7.89. The maximum absolute atomic E-state index is 12.5. The van der Waals surface area contributed by atoms with E-state index in [4.69, 9.17) is 21.1 Å². The average Bonchev–Trinajstić information content (AvgIpc) is 2.74. The van der Waals surface area contributed by atoms with Crippen LogP contribution in [0.25, 0.3) is 0 Å². The SMILES string of the molecule is O=C(NCCS(=O)(=O)N1CCOCC1)c1ccccc1OCc1ccc(Cl)cc1. The molecule has 1 amide bonds. The van der Waals surface area contributed by atoms with Gasteiger partial charge in [-0.05, 0) is 29.8 Å². The van der Waals surface area contributed by atoms with Gasteiger partial charge in [0.25, 0.3) is 5.91 Å². The van der Waals surface area contributed by atoms with Gasteiger partial charge >= 0.3 is 0 Å². The molecule has 0 saturated carbocycles. The summed E-state index contributed by atoms with van der Waals surface area (Å²) in [5, 5.41) is 3.31. The van der Waals surface area contributed by atoms with E-state index >= 15 is 0 Å². The first kappa shape index (κ1) is 21.6.